The first-order valence-electron chi connectivity index (χ1n) is 5.85. The summed E-state index contributed by atoms with van der Waals surface area (Å²) in [6.07, 6.45) is 1.67. The summed E-state index contributed by atoms with van der Waals surface area (Å²) in [5, 5.41) is 2.84. The Morgan fingerprint density at radius 2 is 2.50 bits per heavy atom. The zero-order chi connectivity index (χ0) is 13.0. The van der Waals surface area contributed by atoms with Crippen molar-refractivity contribution in [2.24, 2.45) is 0 Å². The predicted molar refractivity (Wildman–Crippen MR) is 71.5 cm³/mol. The lowest BCUT2D eigenvalue weighted by Crippen LogP contribution is -2.46. The number of morpholine rings is 1. The summed E-state index contributed by atoms with van der Waals surface area (Å²) >= 11 is 3.28. The largest absolute Gasteiger partial charge is 0.374 e. The molecule has 1 aromatic rings. The molecule has 1 atom stereocenters. The minimum absolute atomic E-state index is 0.0585. The molecule has 1 fully saturated rings. The Balaban J connectivity index is 1.82. The highest BCUT2D eigenvalue weighted by atomic mass is 79.9. The van der Waals surface area contributed by atoms with E-state index in [4.69, 9.17) is 4.74 Å². The lowest BCUT2D eigenvalue weighted by Gasteiger charge is -2.30. The van der Waals surface area contributed by atoms with E-state index in [2.05, 4.69) is 31.1 Å². The number of pyridine rings is 1. The van der Waals surface area contributed by atoms with Crippen molar-refractivity contribution in [3.8, 4) is 0 Å². The zero-order valence-electron chi connectivity index (χ0n) is 10.2. The maximum Gasteiger partial charge on any atom is 0.269 e. The van der Waals surface area contributed by atoms with E-state index in [1.54, 1.807) is 18.3 Å². The lowest BCUT2D eigenvalue weighted by atomic mass is 10.2. The van der Waals surface area contributed by atoms with Crippen LogP contribution in [0.3, 0.4) is 0 Å². The molecule has 0 bridgehead atoms. The first kappa shape index (κ1) is 13.5. The van der Waals surface area contributed by atoms with Gasteiger partial charge in [-0.2, -0.15) is 0 Å². The van der Waals surface area contributed by atoms with Gasteiger partial charge in [-0.05, 0) is 35.1 Å². The third-order valence-corrected chi connectivity index (χ3v) is 3.26. The standard InChI is InChI=1S/C12H16BrN3O2/c1-16-4-5-18-10(8-16)7-15-12(17)11-3-2-9(13)6-14-11/h2-3,6,10H,4-5,7-8H2,1H3,(H,15,17). The molecule has 2 rings (SSSR count). The first-order chi connectivity index (χ1) is 8.65. The van der Waals surface area contributed by atoms with Crippen molar-refractivity contribution in [2.45, 2.75) is 6.10 Å². The number of nitrogens with one attached hydrogen (secondary N) is 1. The average molecular weight is 314 g/mol. The van der Waals surface area contributed by atoms with E-state index in [0.29, 0.717) is 18.8 Å². The van der Waals surface area contributed by atoms with Crippen LogP contribution in [0.2, 0.25) is 0 Å². The number of ether oxygens (including phenoxy) is 1. The molecule has 0 radical (unpaired) electrons. The van der Waals surface area contributed by atoms with Gasteiger partial charge in [0.15, 0.2) is 0 Å². The number of rotatable bonds is 3. The van der Waals surface area contributed by atoms with Crippen molar-refractivity contribution < 1.29 is 9.53 Å². The van der Waals surface area contributed by atoms with Gasteiger partial charge in [0.2, 0.25) is 0 Å². The van der Waals surface area contributed by atoms with E-state index in [1.165, 1.54) is 0 Å². The molecular formula is C12H16BrN3O2. The van der Waals surface area contributed by atoms with Gasteiger partial charge in [-0.25, -0.2) is 4.98 Å². The van der Waals surface area contributed by atoms with Gasteiger partial charge in [0.05, 0.1) is 12.7 Å². The summed E-state index contributed by atoms with van der Waals surface area (Å²) in [6.45, 7) is 3.02. The number of likely N-dealkylation sites (N-methyl/N-ethyl adjacent to an activating group) is 1. The number of carbonyl (C=O) groups excluding carboxylic acids is 1. The van der Waals surface area contributed by atoms with E-state index in [-0.39, 0.29) is 12.0 Å². The highest BCUT2D eigenvalue weighted by Crippen LogP contribution is 2.07. The van der Waals surface area contributed by atoms with E-state index in [9.17, 15) is 4.79 Å². The molecule has 18 heavy (non-hydrogen) atoms. The molecule has 0 saturated carbocycles. The van der Waals surface area contributed by atoms with Gasteiger partial charge in [0.1, 0.15) is 5.69 Å². The first-order valence-corrected chi connectivity index (χ1v) is 6.64. The number of hydrogen-bond acceptors (Lipinski definition) is 4. The molecule has 1 unspecified atom stereocenters. The Morgan fingerprint density at radius 3 is 3.17 bits per heavy atom. The molecule has 0 spiro atoms. The number of aromatic nitrogens is 1. The fourth-order valence-corrected chi connectivity index (χ4v) is 2.03. The van der Waals surface area contributed by atoms with Crippen LogP contribution in [0, 0.1) is 0 Å². The fraction of sp³-hybridized carbons (Fsp3) is 0.500. The van der Waals surface area contributed by atoms with Crippen molar-refractivity contribution >= 4 is 21.8 Å². The Labute approximate surface area is 115 Å². The number of carbonyl (C=O) groups is 1. The van der Waals surface area contributed by atoms with E-state index in [1.807, 2.05) is 7.05 Å². The Kier molecular flexibility index (Phi) is 4.68. The summed E-state index contributed by atoms with van der Waals surface area (Å²) in [4.78, 5) is 18.1. The predicted octanol–water partition coefficient (Wildman–Crippen LogP) is 0.904. The number of halogens is 1. The molecule has 1 amide bonds. The second-order valence-electron chi connectivity index (χ2n) is 4.33. The Hall–Kier alpha value is -0.980. The van der Waals surface area contributed by atoms with Crippen LogP contribution in [0.4, 0.5) is 0 Å². The molecule has 98 valence electrons. The van der Waals surface area contributed by atoms with Crippen molar-refractivity contribution in [3.05, 3.63) is 28.5 Å². The SMILES string of the molecule is CN1CCOC(CNC(=O)c2ccc(Br)cn2)C1. The monoisotopic (exact) mass is 313 g/mol. The van der Waals surface area contributed by atoms with E-state index < -0.39 is 0 Å². The summed E-state index contributed by atoms with van der Waals surface area (Å²) in [6, 6.07) is 3.49. The highest BCUT2D eigenvalue weighted by Gasteiger charge is 2.18. The molecular weight excluding hydrogens is 298 g/mol. The molecule has 0 aliphatic carbocycles. The van der Waals surface area contributed by atoms with Crippen LogP contribution in [0.5, 0.6) is 0 Å². The van der Waals surface area contributed by atoms with Crippen molar-refractivity contribution in [2.75, 3.05) is 33.3 Å². The van der Waals surface area contributed by atoms with Crippen molar-refractivity contribution in [1.82, 2.24) is 15.2 Å². The van der Waals surface area contributed by atoms with Crippen LogP contribution in [0.25, 0.3) is 0 Å². The normalized spacial score (nSPS) is 20.7. The smallest absolute Gasteiger partial charge is 0.269 e. The van der Waals surface area contributed by atoms with E-state index >= 15 is 0 Å². The van der Waals surface area contributed by atoms with Gasteiger partial charge >= 0.3 is 0 Å². The molecule has 6 heteroatoms. The minimum Gasteiger partial charge on any atom is -0.374 e. The van der Waals surface area contributed by atoms with Crippen LogP contribution in [-0.4, -0.2) is 55.2 Å². The van der Waals surface area contributed by atoms with Gasteiger partial charge < -0.3 is 15.0 Å². The summed E-state index contributed by atoms with van der Waals surface area (Å²) in [5.74, 6) is -0.167. The van der Waals surface area contributed by atoms with Crippen LogP contribution in [0.1, 0.15) is 10.5 Å². The molecule has 1 N–H and O–H groups in total. The highest BCUT2D eigenvalue weighted by molar-refractivity contribution is 9.10. The fourth-order valence-electron chi connectivity index (χ4n) is 1.80. The van der Waals surface area contributed by atoms with Gasteiger partial charge in [-0.1, -0.05) is 0 Å². The van der Waals surface area contributed by atoms with E-state index in [0.717, 1.165) is 17.6 Å². The van der Waals surface area contributed by atoms with Crippen LogP contribution in [-0.2, 0) is 4.74 Å². The molecule has 1 aliphatic heterocycles. The van der Waals surface area contributed by atoms with Gasteiger partial charge in [-0.3, -0.25) is 4.79 Å². The second-order valence-corrected chi connectivity index (χ2v) is 5.24. The van der Waals surface area contributed by atoms with Crippen molar-refractivity contribution in [3.63, 3.8) is 0 Å². The number of hydrogen-bond donors (Lipinski definition) is 1. The molecule has 0 aromatic carbocycles. The molecule has 1 aliphatic rings. The lowest BCUT2D eigenvalue weighted by molar-refractivity contribution is -0.0175. The molecule has 2 heterocycles. The second kappa shape index (κ2) is 6.26. The van der Waals surface area contributed by atoms with Gasteiger partial charge in [-0.15, -0.1) is 0 Å². The van der Waals surface area contributed by atoms with Crippen LogP contribution >= 0.6 is 15.9 Å². The van der Waals surface area contributed by atoms with Crippen LogP contribution in [0.15, 0.2) is 22.8 Å². The summed E-state index contributed by atoms with van der Waals surface area (Å²) < 4.78 is 6.43. The van der Waals surface area contributed by atoms with Crippen molar-refractivity contribution in [1.29, 1.82) is 0 Å². The Bertz CT molecular complexity index is 410. The molecule has 5 nitrogen and oxygen atoms in total. The van der Waals surface area contributed by atoms with Gasteiger partial charge in [0.25, 0.3) is 5.91 Å². The van der Waals surface area contributed by atoms with Gasteiger partial charge in [0, 0.05) is 30.3 Å². The maximum absolute atomic E-state index is 11.8. The minimum atomic E-state index is -0.167. The molecule has 1 saturated heterocycles. The zero-order valence-corrected chi connectivity index (χ0v) is 11.8. The summed E-state index contributed by atoms with van der Waals surface area (Å²) in [7, 11) is 2.05. The topological polar surface area (TPSA) is 54.5 Å². The third-order valence-electron chi connectivity index (χ3n) is 2.79. The number of nitrogens with zero attached hydrogens (tertiary/aromatic N) is 2. The quantitative estimate of drug-likeness (QED) is 0.901. The number of amides is 1. The summed E-state index contributed by atoms with van der Waals surface area (Å²) in [5.41, 5.74) is 0.419. The molecule has 1 aromatic heterocycles. The maximum atomic E-state index is 11.8. The third kappa shape index (κ3) is 3.76. The average Bonchev–Trinajstić information content (AvgIpc) is 2.37. The van der Waals surface area contributed by atoms with Crippen LogP contribution < -0.4 is 5.32 Å². The Morgan fingerprint density at radius 1 is 1.67 bits per heavy atom.